The lowest BCUT2D eigenvalue weighted by Crippen LogP contribution is -2.54. The summed E-state index contributed by atoms with van der Waals surface area (Å²) in [5, 5.41) is 9.44. The maximum Gasteiger partial charge on any atom is 0.329 e. The van der Waals surface area contributed by atoms with Crippen molar-refractivity contribution in [2.75, 3.05) is 6.54 Å². The van der Waals surface area contributed by atoms with Gasteiger partial charge in [0.25, 0.3) is 0 Å². The second-order valence-corrected chi connectivity index (χ2v) is 5.17. The summed E-state index contributed by atoms with van der Waals surface area (Å²) in [6.45, 7) is 2.37. The summed E-state index contributed by atoms with van der Waals surface area (Å²) < 4.78 is 0. The minimum atomic E-state index is -1.00. The minimum Gasteiger partial charge on any atom is -0.479 e. The van der Waals surface area contributed by atoms with Crippen molar-refractivity contribution in [3.63, 3.8) is 0 Å². The van der Waals surface area contributed by atoms with Crippen molar-refractivity contribution < 1.29 is 14.7 Å². The first-order chi connectivity index (χ1) is 8.51. The zero-order chi connectivity index (χ0) is 13.3. The fraction of sp³-hybridized carbons (Fsp3) is 0.692. The largest absolute Gasteiger partial charge is 0.479 e. The number of carboxylic acid groups (broad SMARTS) is 1. The number of rotatable bonds is 3. The summed E-state index contributed by atoms with van der Waals surface area (Å²) in [4.78, 5) is 25.5. The molecule has 18 heavy (non-hydrogen) atoms. The molecule has 5 nitrogen and oxygen atoms in total. The van der Waals surface area contributed by atoms with Crippen molar-refractivity contribution in [2.24, 2.45) is 11.7 Å². The smallest absolute Gasteiger partial charge is 0.329 e. The van der Waals surface area contributed by atoms with Gasteiger partial charge in [-0.25, -0.2) is 4.79 Å². The third kappa shape index (κ3) is 1.92. The predicted octanol–water partition coefficient (Wildman–Crippen LogP) is 0.746. The Bertz CT molecular complexity index is 394. The van der Waals surface area contributed by atoms with Crippen LogP contribution in [0.25, 0.3) is 0 Å². The number of amides is 1. The van der Waals surface area contributed by atoms with E-state index in [0.717, 1.165) is 6.42 Å². The van der Waals surface area contributed by atoms with E-state index >= 15 is 0 Å². The maximum atomic E-state index is 12.4. The maximum absolute atomic E-state index is 12.4. The summed E-state index contributed by atoms with van der Waals surface area (Å²) in [7, 11) is 0. The van der Waals surface area contributed by atoms with Gasteiger partial charge in [0.05, 0.1) is 5.92 Å². The van der Waals surface area contributed by atoms with Crippen molar-refractivity contribution in [1.29, 1.82) is 0 Å². The molecule has 2 aliphatic rings. The third-order valence-electron chi connectivity index (χ3n) is 4.17. The lowest BCUT2D eigenvalue weighted by Gasteiger charge is -2.35. The molecule has 1 aliphatic carbocycles. The number of carbonyl (C=O) groups excluding carboxylic acids is 1. The van der Waals surface area contributed by atoms with Crippen molar-refractivity contribution in [3.05, 3.63) is 12.2 Å². The number of carbonyl (C=O) groups is 2. The van der Waals surface area contributed by atoms with Crippen LogP contribution in [0.3, 0.4) is 0 Å². The summed E-state index contributed by atoms with van der Waals surface area (Å²) in [6.07, 6.45) is 5.99. The number of nitrogens with zero attached hydrogens (tertiary/aromatic N) is 1. The van der Waals surface area contributed by atoms with E-state index in [1.54, 1.807) is 4.90 Å². The Balaban J connectivity index is 2.19. The summed E-state index contributed by atoms with van der Waals surface area (Å²) in [5.41, 5.74) is 4.75. The number of nitrogens with two attached hydrogens (primary N) is 1. The normalized spacial score (nSPS) is 35.1. The van der Waals surface area contributed by atoms with Gasteiger partial charge in [0.15, 0.2) is 0 Å². The van der Waals surface area contributed by atoms with E-state index in [1.165, 1.54) is 0 Å². The second kappa shape index (κ2) is 4.72. The van der Waals surface area contributed by atoms with Gasteiger partial charge in [-0.1, -0.05) is 19.1 Å². The summed E-state index contributed by atoms with van der Waals surface area (Å²) >= 11 is 0. The quantitative estimate of drug-likeness (QED) is 0.726. The highest BCUT2D eigenvalue weighted by Crippen LogP contribution is 2.35. The second-order valence-electron chi connectivity index (χ2n) is 5.17. The van der Waals surface area contributed by atoms with Crippen molar-refractivity contribution in [2.45, 2.75) is 44.2 Å². The van der Waals surface area contributed by atoms with Gasteiger partial charge in [-0.2, -0.15) is 0 Å². The lowest BCUT2D eigenvalue weighted by atomic mass is 9.91. The zero-order valence-electron chi connectivity index (χ0n) is 10.6. The van der Waals surface area contributed by atoms with Crippen LogP contribution in [0.5, 0.6) is 0 Å². The predicted molar refractivity (Wildman–Crippen MR) is 66.8 cm³/mol. The highest BCUT2D eigenvalue weighted by Gasteiger charge is 2.49. The lowest BCUT2D eigenvalue weighted by molar-refractivity contribution is -0.157. The number of aliphatic carboxylic acids is 1. The van der Waals surface area contributed by atoms with Crippen molar-refractivity contribution >= 4 is 11.9 Å². The van der Waals surface area contributed by atoms with Gasteiger partial charge in [0.2, 0.25) is 5.91 Å². The molecule has 3 atom stereocenters. The molecule has 100 valence electrons. The first-order valence-electron chi connectivity index (χ1n) is 6.50. The first-order valence-corrected chi connectivity index (χ1v) is 6.50. The molecule has 2 rings (SSSR count). The fourth-order valence-corrected chi connectivity index (χ4v) is 3.05. The van der Waals surface area contributed by atoms with Gasteiger partial charge < -0.3 is 15.7 Å². The van der Waals surface area contributed by atoms with E-state index in [4.69, 9.17) is 5.73 Å². The molecule has 0 spiro atoms. The van der Waals surface area contributed by atoms with E-state index in [1.807, 2.05) is 19.1 Å². The van der Waals surface area contributed by atoms with Gasteiger partial charge in [0, 0.05) is 12.6 Å². The Labute approximate surface area is 107 Å². The number of hydrogen-bond donors (Lipinski definition) is 2. The van der Waals surface area contributed by atoms with Crippen LogP contribution in [0.1, 0.15) is 32.6 Å². The molecule has 0 saturated carbocycles. The zero-order valence-corrected chi connectivity index (χ0v) is 10.6. The Morgan fingerprint density at radius 2 is 2.22 bits per heavy atom. The summed E-state index contributed by atoms with van der Waals surface area (Å²) in [5.74, 6) is -1.22. The Hall–Kier alpha value is -1.36. The molecule has 3 unspecified atom stereocenters. The van der Waals surface area contributed by atoms with E-state index in [0.29, 0.717) is 25.8 Å². The third-order valence-corrected chi connectivity index (χ3v) is 4.17. The van der Waals surface area contributed by atoms with E-state index in [9.17, 15) is 14.7 Å². The van der Waals surface area contributed by atoms with Crippen LogP contribution in [-0.2, 0) is 9.59 Å². The van der Waals surface area contributed by atoms with Crippen molar-refractivity contribution in [3.8, 4) is 0 Å². The molecule has 5 heteroatoms. The van der Waals surface area contributed by atoms with E-state index in [2.05, 4.69) is 0 Å². The summed E-state index contributed by atoms with van der Waals surface area (Å²) in [6, 6.07) is -0.0811. The minimum absolute atomic E-state index is 0.0811. The molecule has 0 radical (unpaired) electrons. The monoisotopic (exact) mass is 252 g/mol. The number of carboxylic acids is 1. The van der Waals surface area contributed by atoms with E-state index < -0.39 is 11.5 Å². The molecule has 0 bridgehead atoms. The Morgan fingerprint density at radius 3 is 2.72 bits per heavy atom. The molecule has 0 aromatic carbocycles. The molecule has 0 aromatic rings. The number of hydrogen-bond acceptors (Lipinski definition) is 3. The number of likely N-dealkylation sites (tertiary alicyclic amines) is 1. The Morgan fingerprint density at radius 1 is 1.50 bits per heavy atom. The molecule has 1 saturated heterocycles. The highest BCUT2D eigenvalue weighted by atomic mass is 16.4. The molecule has 1 aliphatic heterocycles. The average molecular weight is 252 g/mol. The Kier molecular flexibility index (Phi) is 3.43. The van der Waals surface area contributed by atoms with Crippen molar-refractivity contribution in [1.82, 2.24) is 4.90 Å². The van der Waals surface area contributed by atoms with Gasteiger partial charge in [-0.3, -0.25) is 4.79 Å². The molecule has 0 aromatic heterocycles. The molecular formula is C13H20N2O3. The topological polar surface area (TPSA) is 83.6 Å². The van der Waals surface area contributed by atoms with Crippen LogP contribution in [0.15, 0.2) is 12.2 Å². The van der Waals surface area contributed by atoms with Gasteiger partial charge >= 0.3 is 5.97 Å². The van der Waals surface area contributed by atoms with Crippen LogP contribution < -0.4 is 5.73 Å². The van der Waals surface area contributed by atoms with Gasteiger partial charge in [-0.15, -0.1) is 0 Å². The molecular weight excluding hydrogens is 232 g/mol. The molecule has 1 heterocycles. The molecule has 1 fully saturated rings. The van der Waals surface area contributed by atoms with Crippen LogP contribution in [-0.4, -0.2) is 40.0 Å². The standard InChI is InChI=1S/C13H20N2O3/c1-2-13(12(17)18)6-3-7-15(13)11(16)9-4-5-10(14)8-9/h4-5,9-10H,2-3,6-8,14H2,1H3,(H,17,18). The molecule has 3 N–H and O–H groups in total. The molecule has 1 amide bonds. The van der Waals surface area contributed by atoms with Crippen LogP contribution >= 0.6 is 0 Å². The van der Waals surface area contributed by atoms with Crippen LogP contribution in [0, 0.1) is 5.92 Å². The first kappa shape index (κ1) is 13.1. The van der Waals surface area contributed by atoms with Crippen LogP contribution in [0.2, 0.25) is 0 Å². The fourth-order valence-electron chi connectivity index (χ4n) is 3.05. The SMILES string of the molecule is CCC1(C(=O)O)CCCN1C(=O)C1C=CC(N)C1. The van der Waals surface area contributed by atoms with Gasteiger partial charge in [0.1, 0.15) is 5.54 Å². The average Bonchev–Trinajstić information content (AvgIpc) is 2.94. The van der Waals surface area contributed by atoms with E-state index in [-0.39, 0.29) is 17.9 Å². The van der Waals surface area contributed by atoms with Crippen LogP contribution in [0.4, 0.5) is 0 Å². The van der Waals surface area contributed by atoms with Gasteiger partial charge in [-0.05, 0) is 25.7 Å². The highest BCUT2D eigenvalue weighted by molar-refractivity contribution is 5.89.